The number of anilines is 2. The van der Waals surface area contributed by atoms with Gasteiger partial charge in [-0.3, -0.25) is 9.10 Å². The van der Waals surface area contributed by atoms with E-state index in [1.165, 1.54) is 7.11 Å². The van der Waals surface area contributed by atoms with Gasteiger partial charge >= 0.3 is 0 Å². The molecule has 3 aromatic rings. The molecule has 0 aromatic heterocycles. The van der Waals surface area contributed by atoms with E-state index in [4.69, 9.17) is 4.74 Å². The van der Waals surface area contributed by atoms with E-state index in [9.17, 15) is 13.2 Å². The average Bonchev–Trinajstić information content (AvgIpc) is 2.67. The van der Waals surface area contributed by atoms with E-state index < -0.39 is 22.0 Å². The second kappa shape index (κ2) is 8.13. The van der Waals surface area contributed by atoms with Gasteiger partial charge < -0.3 is 10.1 Å². The summed E-state index contributed by atoms with van der Waals surface area (Å²) >= 11 is 0. The summed E-state index contributed by atoms with van der Waals surface area (Å²) in [4.78, 5) is 13.0. The number of fused-ring (bicyclic) bond motifs is 1. The molecule has 3 rings (SSSR count). The lowest BCUT2D eigenvalue weighted by Crippen LogP contribution is -2.45. The summed E-state index contributed by atoms with van der Waals surface area (Å²) in [6.07, 6.45) is 1.08. The van der Waals surface area contributed by atoms with Crippen LogP contribution >= 0.6 is 0 Å². The molecule has 3 aromatic carbocycles. The fourth-order valence-electron chi connectivity index (χ4n) is 3.32. The Morgan fingerprint density at radius 2 is 1.76 bits per heavy atom. The second-order valence-corrected chi connectivity index (χ2v) is 8.79. The lowest BCUT2D eigenvalue weighted by molar-refractivity contribution is -0.116. The Balaban J connectivity index is 2.00. The first kappa shape index (κ1) is 20.7. The van der Waals surface area contributed by atoms with E-state index in [2.05, 4.69) is 5.32 Å². The van der Waals surface area contributed by atoms with Crippen LogP contribution in [0.15, 0.2) is 60.7 Å². The van der Waals surface area contributed by atoms with Crippen LogP contribution in [0.2, 0.25) is 0 Å². The quantitative estimate of drug-likeness (QED) is 0.665. The number of carbonyl (C=O) groups excluding carboxylic acids is 1. The number of hydrogen-bond acceptors (Lipinski definition) is 4. The number of benzene rings is 3. The van der Waals surface area contributed by atoms with E-state index in [0.29, 0.717) is 17.1 Å². The Kier molecular flexibility index (Phi) is 5.79. The summed E-state index contributed by atoms with van der Waals surface area (Å²) < 4.78 is 31.7. The molecule has 1 atom stereocenters. The van der Waals surface area contributed by atoms with Crippen molar-refractivity contribution in [2.45, 2.75) is 19.9 Å². The molecule has 0 aliphatic rings. The topological polar surface area (TPSA) is 75.7 Å². The molecule has 0 bridgehead atoms. The van der Waals surface area contributed by atoms with Crippen LogP contribution in [0.3, 0.4) is 0 Å². The van der Waals surface area contributed by atoms with Gasteiger partial charge in [0.25, 0.3) is 0 Å². The summed E-state index contributed by atoms with van der Waals surface area (Å²) in [7, 11) is -2.29. The van der Waals surface area contributed by atoms with Gasteiger partial charge in [0.1, 0.15) is 11.8 Å². The predicted octanol–water partition coefficient (Wildman–Crippen LogP) is 3.95. The Morgan fingerprint density at radius 3 is 2.45 bits per heavy atom. The molecule has 7 heteroatoms. The molecule has 0 fully saturated rings. The molecule has 0 aliphatic carbocycles. The summed E-state index contributed by atoms with van der Waals surface area (Å²) in [6, 6.07) is 17.5. The number of sulfonamides is 1. The minimum absolute atomic E-state index is 0.329. The number of carbonyl (C=O) groups is 1. The highest BCUT2D eigenvalue weighted by molar-refractivity contribution is 7.92. The fourth-order valence-corrected chi connectivity index (χ4v) is 4.49. The Morgan fingerprint density at radius 1 is 1.07 bits per heavy atom. The maximum Gasteiger partial charge on any atom is 0.248 e. The number of nitrogens with one attached hydrogen (secondary N) is 1. The van der Waals surface area contributed by atoms with Gasteiger partial charge in [0, 0.05) is 11.1 Å². The van der Waals surface area contributed by atoms with Crippen LogP contribution in [0.4, 0.5) is 11.4 Å². The van der Waals surface area contributed by atoms with Crippen LogP contribution in [0.1, 0.15) is 12.5 Å². The van der Waals surface area contributed by atoms with Gasteiger partial charge in [-0.05, 0) is 43.0 Å². The minimum atomic E-state index is -3.75. The summed E-state index contributed by atoms with van der Waals surface area (Å²) in [5.74, 6) is -0.0545. The molecule has 1 amide bonds. The SMILES string of the molecule is COc1ccc(C)cc1N([C@H](C)C(=O)Nc1cccc2ccccc12)S(C)(=O)=O. The van der Waals surface area contributed by atoms with E-state index >= 15 is 0 Å². The highest BCUT2D eigenvalue weighted by atomic mass is 32.2. The highest BCUT2D eigenvalue weighted by Crippen LogP contribution is 2.33. The molecular formula is C22H24N2O4S. The molecule has 0 saturated heterocycles. The number of nitrogens with zero attached hydrogens (tertiary/aromatic N) is 1. The first-order chi connectivity index (χ1) is 13.7. The number of amides is 1. The number of ether oxygens (including phenoxy) is 1. The number of rotatable bonds is 6. The third-order valence-electron chi connectivity index (χ3n) is 4.71. The predicted molar refractivity (Wildman–Crippen MR) is 117 cm³/mol. The molecule has 152 valence electrons. The molecule has 0 unspecified atom stereocenters. The monoisotopic (exact) mass is 412 g/mol. The van der Waals surface area contributed by atoms with E-state index in [-0.39, 0.29) is 0 Å². The van der Waals surface area contributed by atoms with Crippen LogP contribution in [-0.4, -0.2) is 33.7 Å². The van der Waals surface area contributed by atoms with Crippen LogP contribution in [-0.2, 0) is 14.8 Å². The summed E-state index contributed by atoms with van der Waals surface area (Å²) in [5, 5.41) is 4.74. The normalized spacial score (nSPS) is 12.4. The Hall–Kier alpha value is -3.06. The van der Waals surface area contributed by atoms with E-state index in [1.807, 2.05) is 49.4 Å². The highest BCUT2D eigenvalue weighted by Gasteiger charge is 2.31. The summed E-state index contributed by atoms with van der Waals surface area (Å²) in [5.41, 5.74) is 1.82. The molecule has 0 spiro atoms. The van der Waals surface area contributed by atoms with Crippen LogP contribution < -0.4 is 14.4 Å². The smallest absolute Gasteiger partial charge is 0.248 e. The first-order valence-corrected chi connectivity index (χ1v) is 11.0. The number of methoxy groups -OCH3 is 1. The first-order valence-electron chi connectivity index (χ1n) is 9.15. The maximum atomic E-state index is 13.0. The number of aryl methyl sites for hydroxylation is 1. The van der Waals surface area contributed by atoms with Gasteiger partial charge in [0.2, 0.25) is 15.9 Å². The van der Waals surface area contributed by atoms with Gasteiger partial charge in [-0.1, -0.05) is 42.5 Å². The third-order valence-corrected chi connectivity index (χ3v) is 5.94. The molecule has 29 heavy (non-hydrogen) atoms. The standard InChI is InChI=1S/C22H24N2O4S/c1-15-12-13-21(28-3)20(14-15)24(29(4,26)27)16(2)22(25)23-19-11-7-9-17-8-5-6-10-18(17)19/h5-14,16H,1-4H3,(H,23,25)/t16-/m1/s1. The van der Waals surface area contributed by atoms with Gasteiger partial charge in [-0.25, -0.2) is 8.42 Å². The van der Waals surface area contributed by atoms with Gasteiger partial charge in [-0.15, -0.1) is 0 Å². The van der Waals surface area contributed by atoms with Crippen LogP contribution in [0, 0.1) is 6.92 Å². The second-order valence-electron chi connectivity index (χ2n) is 6.93. The van der Waals surface area contributed by atoms with Crippen molar-refractivity contribution in [2.75, 3.05) is 23.0 Å². The van der Waals surface area contributed by atoms with Crippen molar-refractivity contribution < 1.29 is 17.9 Å². The lowest BCUT2D eigenvalue weighted by atomic mass is 10.1. The fraction of sp³-hybridized carbons (Fsp3) is 0.227. The number of hydrogen-bond donors (Lipinski definition) is 1. The summed E-state index contributed by atoms with van der Waals surface area (Å²) in [6.45, 7) is 3.41. The third kappa shape index (κ3) is 4.35. The Bertz CT molecular complexity index is 1150. The van der Waals surface area contributed by atoms with E-state index in [0.717, 1.165) is 26.9 Å². The van der Waals surface area contributed by atoms with Gasteiger partial charge in [0.05, 0.1) is 19.1 Å². The zero-order valence-corrected chi connectivity index (χ0v) is 17.7. The van der Waals surface area contributed by atoms with Crippen molar-refractivity contribution in [3.8, 4) is 5.75 Å². The van der Waals surface area contributed by atoms with Gasteiger partial charge in [0.15, 0.2) is 0 Å². The maximum absolute atomic E-state index is 13.0. The molecule has 6 nitrogen and oxygen atoms in total. The zero-order valence-electron chi connectivity index (χ0n) is 16.8. The molecule has 0 saturated carbocycles. The molecular weight excluding hydrogens is 388 g/mol. The van der Waals surface area contributed by atoms with Crippen LogP contribution in [0.5, 0.6) is 5.75 Å². The van der Waals surface area contributed by atoms with Crippen molar-refractivity contribution >= 4 is 38.1 Å². The minimum Gasteiger partial charge on any atom is -0.495 e. The lowest BCUT2D eigenvalue weighted by Gasteiger charge is -2.29. The van der Waals surface area contributed by atoms with Crippen molar-refractivity contribution in [3.63, 3.8) is 0 Å². The average molecular weight is 413 g/mol. The molecule has 0 aliphatic heterocycles. The van der Waals surface area contributed by atoms with Crippen molar-refractivity contribution in [2.24, 2.45) is 0 Å². The van der Waals surface area contributed by atoms with Crippen molar-refractivity contribution in [3.05, 3.63) is 66.2 Å². The van der Waals surface area contributed by atoms with Crippen LogP contribution in [0.25, 0.3) is 10.8 Å². The van der Waals surface area contributed by atoms with Gasteiger partial charge in [-0.2, -0.15) is 0 Å². The van der Waals surface area contributed by atoms with E-state index in [1.54, 1.807) is 25.1 Å². The molecule has 1 N–H and O–H groups in total. The van der Waals surface area contributed by atoms with Crippen molar-refractivity contribution in [1.82, 2.24) is 0 Å². The molecule has 0 radical (unpaired) electrons. The zero-order chi connectivity index (χ0) is 21.2. The van der Waals surface area contributed by atoms with Crippen molar-refractivity contribution in [1.29, 1.82) is 0 Å². The Labute approximate surface area is 171 Å². The largest absolute Gasteiger partial charge is 0.495 e. The molecule has 0 heterocycles.